The van der Waals surface area contributed by atoms with Crippen molar-refractivity contribution in [3.05, 3.63) is 48.1 Å². The van der Waals surface area contributed by atoms with Crippen LogP contribution in [0.2, 0.25) is 0 Å². The first-order chi connectivity index (χ1) is 14.5. The highest BCUT2D eigenvalue weighted by molar-refractivity contribution is 6.12. The van der Waals surface area contributed by atoms with E-state index in [0.29, 0.717) is 29.4 Å². The first-order valence-corrected chi connectivity index (χ1v) is 10.6. The second-order valence-electron chi connectivity index (χ2n) is 8.07. The van der Waals surface area contributed by atoms with Crippen LogP contribution in [0.3, 0.4) is 0 Å². The fourth-order valence-corrected chi connectivity index (χ4v) is 4.39. The number of hydrogen-bond acceptors (Lipinski definition) is 5. The number of nitrogens with zero attached hydrogens (tertiary/aromatic N) is 4. The van der Waals surface area contributed by atoms with Gasteiger partial charge in [0.15, 0.2) is 0 Å². The molecule has 2 saturated heterocycles. The van der Waals surface area contributed by atoms with Gasteiger partial charge >= 0.3 is 0 Å². The number of allylic oxidation sites excluding steroid dienone is 3. The Morgan fingerprint density at radius 1 is 1.23 bits per heavy atom. The van der Waals surface area contributed by atoms with Crippen molar-refractivity contribution in [3.8, 4) is 5.75 Å². The average Bonchev–Trinajstić information content (AvgIpc) is 3.09. The number of benzene rings is 1. The van der Waals surface area contributed by atoms with Gasteiger partial charge in [0.05, 0.1) is 5.71 Å². The molecule has 2 bridgehead atoms. The van der Waals surface area contributed by atoms with Crippen LogP contribution < -0.4 is 5.32 Å². The number of nitrogens with one attached hydrogen (secondary N) is 1. The molecule has 1 unspecified atom stereocenters. The number of phenolic OH excluding ortho intramolecular Hbond substituents is 1. The Kier molecular flexibility index (Phi) is 7.21. The molecule has 6 nitrogen and oxygen atoms in total. The molecule has 0 radical (unpaired) electrons. The van der Waals surface area contributed by atoms with Crippen LogP contribution in [0, 0.1) is 0 Å². The lowest BCUT2D eigenvalue weighted by molar-refractivity contribution is 0.243. The van der Waals surface area contributed by atoms with Gasteiger partial charge in [0.25, 0.3) is 0 Å². The van der Waals surface area contributed by atoms with Crippen LogP contribution in [0.1, 0.15) is 50.7 Å². The second kappa shape index (κ2) is 9.85. The van der Waals surface area contributed by atoms with Crippen molar-refractivity contribution in [3.63, 3.8) is 0 Å². The molecule has 0 aromatic heterocycles. The lowest BCUT2D eigenvalue weighted by Gasteiger charge is -2.36. The molecule has 6 heteroatoms. The number of hydrogen-bond donors (Lipinski definition) is 2. The third-order valence-corrected chi connectivity index (χ3v) is 6.19. The first kappa shape index (κ1) is 22.0. The topological polar surface area (TPSA) is 72.6 Å². The molecule has 3 atom stereocenters. The molecule has 1 aromatic rings. The standard InChI is InChI=1S/C24H33N5O/c1-6-17(15-25-4)18-8-11-22(24(30)12-18)23(7-2)28-27-16(3)29(5)21-13-19-9-10-20(14-21)26-19/h6-8,11-12,15,19-21,26,30H,2,9-10,13-14H2,1,3-5H3/b17-6+,25-15?,27-16+,28-23+/t19-,20+,21?. The number of aliphatic imine (C=N–C) groups is 1. The molecule has 1 aromatic carbocycles. The highest BCUT2D eigenvalue weighted by atomic mass is 16.3. The molecule has 0 saturated carbocycles. The Hall–Kier alpha value is -2.73. The van der Waals surface area contributed by atoms with Crippen molar-refractivity contribution in [2.75, 3.05) is 14.1 Å². The van der Waals surface area contributed by atoms with Gasteiger partial charge in [-0.3, -0.25) is 4.99 Å². The van der Waals surface area contributed by atoms with E-state index < -0.39 is 0 Å². The van der Waals surface area contributed by atoms with Gasteiger partial charge in [0.2, 0.25) is 0 Å². The van der Waals surface area contributed by atoms with Crippen molar-refractivity contribution in [2.24, 2.45) is 15.2 Å². The van der Waals surface area contributed by atoms with Gasteiger partial charge in [-0.15, -0.1) is 10.2 Å². The fraction of sp³-hybridized carbons (Fsp3) is 0.458. The largest absolute Gasteiger partial charge is 0.507 e. The number of fused-ring (bicyclic) bond motifs is 2. The van der Waals surface area contributed by atoms with Gasteiger partial charge < -0.3 is 15.3 Å². The van der Waals surface area contributed by atoms with Crippen molar-refractivity contribution in [1.82, 2.24) is 10.2 Å². The molecule has 2 aliphatic heterocycles. The van der Waals surface area contributed by atoms with E-state index in [1.165, 1.54) is 12.8 Å². The highest BCUT2D eigenvalue weighted by Gasteiger charge is 2.35. The maximum Gasteiger partial charge on any atom is 0.125 e. The third kappa shape index (κ3) is 4.87. The summed E-state index contributed by atoms with van der Waals surface area (Å²) < 4.78 is 0. The average molecular weight is 408 g/mol. The van der Waals surface area contributed by atoms with E-state index in [1.807, 2.05) is 32.1 Å². The van der Waals surface area contributed by atoms with E-state index in [2.05, 4.69) is 39.0 Å². The van der Waals surface area contributed by atoms with Crippen LogP contribution in [-0.4, -0.2) is 60.0 Å². The minimum atomic E-state index is 0.145. The predicted molar refractivity (Wildman–Crippen MR) is 127 cm³/mol. The Balaban J connectivity index is 1.78. The van der Waals surface area contributed by atoms with E-state index in [-0.39, 0.29) is 5.75 Å². The maximum atomic E-state index is 10.6. The summed E-state index contributed by atoms with van der Waals surface area (Å²) in [6.45, 7) is 7.79. The molecule has 2 heterocycles. The van der Waals surface area contributed by atoms with E-state index in [1.54, 1.807) is 25.4 Å². The molecular formula is C24H33N5O. The lowest BCUT2D eigenvalue weighted by Crippen LogP contribution is -2.48. The number of rotatable bonds is 6. The van der Waals surface area contributed by atoms with Gasteiger partial charge in [-0.05, 0) is 68.9 Å². The molecular weight excluding hydrogens is 374 g/mol. The summed E-state index contributed by atoms with van der Waals surface area (Å²) in [6.07, 6.45) is 10.2. The minimum Gasteiger partial charge on any atom is -0.507 e. The number of aromatic hydroxyl groups is 1. The fourth-order valence-electron chi connectivity index (χ4n) is 4.39. The zero-order valence-corrected chi connectivity index (χ0v) is 18.5. The lowest BCUT2D eigenvalue weighted by atomic mass is 9.98. The summed E-state index contributed by atoms with van der Waals surface area (Å²) in [5.41, 5.74) is 3.00. The molecule has 0 aliphatic carbocycles. The Bertz CT molecular complexity index is 887. The van der Waals surface area contributed by atoms with Crippen LogP contribution in [-0.2, 0) is 0 Å². The maximum absolute atomic E-state index is 10.6. The van der Waals surface area contributed by atoms with Gasteiger partial charge in [-0.2, -0.15) is 0 Å². The molecule has 2 fully saturated rings. The molecule has 0 spiro atoms. The molecule has 160 valence electrons. The van der Waals surface area contributed by atoms with E-state index in [9.17, 15) is 5.11 Å². The highest BCUT2D eigenvalue weighted by Crippen LogP contribution is 2.29. The SMILES string of the molecule is C=C/C(=N\N=C(/C)N(C)C1C[C@H]2CC[C@@H](C1)N2)c1ccc(/C(C=NC)=C/C)cc1O. The van der Waals surface area contributed by atoms with Crippen LogP contribution in [0.4, 0.5) is 0 Å². The van der Waals surface area contributed by atoms with E-state index in [4.69, 9.17) is 0 Å². The molecule has 2 N–H and O–H groups in total. The third-order valence-electron chi connectivity index (χ3n) is 6.19. The van der Waals surface area contributed by atoms with Gasteiger partial charge in [0, 0.05) is 44.0 Å². The Morgan fingerprint density at radius 2 is 1.93 bits per heavy atom. The summed E-state index contributed by atoms with van der Waals surface area (Å²) in [6, 6.07) is 7.26. The summed E-state index contributed by atoms with van der Waals surface area (Å²) in [7, 11) is 3.82. The Labute approximate surface area is 179 Å². The van der Waals surface area contributed by atoms with Gasteiger partial charge in [-0.25, -0.2) is 0 Å². The van der Waals surface area contributed by atoms with Crippen molar-refractivity contribution >= 4 is 23.3 Å². The van der Waals surface area contributed by atoms with E-state index >= 15 is 0 Å². The zero-order valence-electron chi connectivity index (χ0n) is 18.5. The van der Waals surface area contributed by atoms with Crippen molar-refractivity contribution in [1.29, 1.82) is 0 Å². The minimum absolute atomic E-state index is 0.145. The van der Waals surface area contributed by atoms with Crippen LogP contribution >= 0.6 is 0 Å². The molecule has 0 amide bonds. The van der Waals surface area contributed by atoms with Crippen molar-refractivity contribution < 1.29 is 5.11 Å². The summed E-state index contributed by atoms with van der Waals surface area (Å²) >= 11 is 0. The smallest absolute Gasteiger partial charge is 0.125 e. The van der Waals surface area contributed by atoms with Crippen LogP contribution in [0.15, 0.2) is 52.1 Å². The summed E-state index contributed by atoms with van der Waals surface area (Å²) in [4.78, 5) is 6.30. The zero-order chi connectivity index (χ0) is 21.7. The monoisotopic (exact) mass is 407 g/mol. The predicted octanol–water partition coefficient (Wildman–Crippen LogP) is 4.02. The van der Waals surface area contributed by atoms with Gasteiger partial charge in [0.1, 0.15) is 11.6 Å². The quantitative estimate of drug-likeness (QED) is 0.425. The molecule has 3 rings (SSSR count). The first-order valence-electron chi connectivity index (χ1n) is 10.6. The summed E-state index contributed by atoms with van der Waals surface area (Å²) in [5, 5.41) is 23.1. The number of piperidine rings is 1. The Morgan fingerprint density at radius 3 is 2.50 bits per heavy atom. The number of phenols is 1. The second-order valence-corrected chi connectivity index (χ2v) is 8.07. The van der Waals surface area contributed by atoms with E-state index in [0.717, 1.165) is 29.8 Å². The molecule has 2 aliphatic rings. The van der Waals surface area contributed by atoms with Crippen LogP contribution in [0.25, 0.3) is 5.57 Å². The van der Waals surface area contributed by atoms with Crippen molar-refractivity contribution in [2.45, 2.75) is 57.7 Å². The summed E-state index contributed by atoms with van der Waals surface area (Å²) in [5.74, 6) is 1.01. The number of amidine groups is 1. The van der Waals surface area contributed by atoms with Crippen LogP contribution in [0.5, 0.6) is 5.75 Å². The van der Waals surface area contributed by atoms with Gasteiger partial charge in [-0.1, -0.05) is 18.7 Å². The molecule has 30 heavy (non-hydrogen) atoms. The normalized spacial score (nSPS) is 25.1.